The monoisotopic (exact) mass is 386 g/mol. The molecular weight excluding hydrogens is 343 g/mol. The molecule has 25 heavy (non-hydrogen) atoms. The first-order valence-corrected chi connectivity index (χ1v) is 11.3. The van der Waals surface area contributed by atoms with Crippen molar-refractivity contribution >= 4 is 7.82 Å². The highest BCUT2D eigenvalue weighted by Gasteiger charge is 2.18. The van der Waals surface area contributed by atoms with Gasteiger partial charge >= 0.3 is 7.82 Å². The molecule has 1 unspecified atom stereocenters. The Labute approximate surface area is 155 Å². The maximum Gasteiger partial charge on any atom is 0.472 e. The molecule has 0 heterocycles. The number of aliphatic hydroxyl groups is 2. The van der Waals surface area contributed by atoms with Crippen molar-refractivity contribution in [3.05, 3.63) is 0 Å². The zero-order chi connectivity index (χ0) is 19.8. The summed E-state index contributed by atoms with van der Waals surface area (Å²) in [4.78, 5) is 9.17. The maximum atomic E-state index is 11.2. The van der Waals surface area contributed by atoms with Crippen LogP contribution in [0, 0.1) is 0 Å². The highest BCUT2D eigenvalue weighted by molar-refractivity contribution is 7.47. The first-order valence-electron chi connectivity index (χ1n) is 9.79. The lowest BCUT2D eigenvalue weighted by molar-refractivity contribution is 0.153. The molecule has 0 fully saturated rings. The van der Waals surface area contributed by atoms with E-state index in [4.69, 9.17) is 19.6 Å². The predicted molar refractivity (Wildman–Crippen MR) is 105 cm³/mol. The van der Waals surface area contributed by atoms with Crippen molar-refractivity contribution in [3.63, 3.8) is 0 Å². The summed E-state index contributed by atoms with van der Waals surface area (Å²) >= 11 is 0. The summed E-state index contributed by atoms with van der Waals surface area (Å²) in [5.41, 5.74) is 0. The highest BCUT2D eigenvalue weighted by Crippen LogP contribution is 2.42. The Kier molecular flexibility index (Phi) is 31.3. The molecule has 0 amide bonds. The second-order valence-electron chi connectivity index (χ2n) is 5.53. The SMILES string of the molecule is CCCCCCCCCCCCOP(=O)(O)OCC.CCO.CCO. The van der Waals surface area contributed by atoms with Crippen LogP contribution < -0.4 is 0 Å². The van der Waals surface area contributed by atoms with Gasteiger partial charge in [-0.25, -0.2) is 4.57 Å². The third-order valence-electron chi connectivity index (χ3n) is 3.04. The standard InChI is InChI=1S/C14H31O4P.2C2H6O/c1-3-5-6-7-8-9-10-11-12-13-14-18-19(15,16)17-4-2;2*1-2-3/h3-14H2,1-2H3,(H,15,16);2*3H,2H2,1H3. The number of hydrogen-bond acceptors (Lipinski definition) is 5. The van der Waals surface area contributed by atoms with Gasteiger partial charge in [0.15, 0.2) is 0 Å². The van der Waals surface area contributed by atoms with E-state index in [0.29, 0.717) is 6.61 Å². The lowest BCUT2D eigenvalue weighted by atomic mass is 10.1. The van der Waals surface area contributed by atoms with Gasteiger partial charge in [0, 0.05) is 13.2 Å². The highest BCUT2D eigenvalue weighted by atomic mass is 31.2. The van der Waals surface area contributed by atoms with Gasteiger partial charge in [-0.2, -0.15) is 0 Å². The quantitative estimate of drug-likeness (QED) is 0.285. The Morgan fingerprint density at radius 3 is 1.40 bits per heavy atom. The van der Waals surface area contributed by atoms with E-state index in [1.807, 2.05) is 0 Å². The van der Waals surface area contributed by atoms with Gasteiger partial charge < -0.3 is 15.1 Å². The predicted octanol–water partition coefficient (Wildman–Crippen LogP) is 5.06. The third kappa shape index (κ3) is 35.9. The molecule has 0 rings (SSSR count). The summed E-state index contributed by atoms with van der Waals surface area (Å²) in [6, 6.07) is 0. The second kappa shape index (κ2) is 26.3. The van der Waals surface area contributed by atoms with Crippen LogP contribution in [0.25, 0.3) is 0 Å². The summed E-state index contributed by atoms with van der Waals surface area (Å²) in [6.07, 6.45) is 12.4. The molecule has 1 atom stereocenters. The molecule has 6 nitrogen and oxygen atoms in total. The van der Waals surface area contributed by atoms with Crippen molar-refractivity contribution < 1.29 is 28.7 Å². The van der Waals surface area contributed by atoms with Gasteiger partial charge in [0.1, 0.15) is 0 Å². The lowest BCUT2D eigenvalue weighted by Gasteiger charge is -2.10. The number of rotatable bonds is 14. The first kappa shape index (κ1) is 29.8. The number of unbranched alkanes of at least 4 members (excludes halogenated alkanes) is 9. The molecule has 0 radical (unpaired) electrons. The van der Waals surface area contributed by atoms with E-state index in [9.17, 15) is 4.57 Å². The van der Waals surface area contributed by atoms with Crippen molar-refractivity contribution in [1.82, 2.24) is 0 Å². The largest absolute Gasteiger partial charge is 0.472 e. The topological polar surface area (TPSA) is 96.2 Å². The minimum atomic E-state index is -3.77. The fourth-order valence-corrected chi connectivity index (χ4v) is 2.73. The molecule has 0 aromatic heterocycles. The van der Waals surface area contributed by atoms with Crippen molar-refractivity contribution in [2.75, 3.05) is 26.4 Å². The third-order valence-corrected chi connectivity index (χ3v) is 4.14. The van der Waals surface area contributed by atoms with Crippen molar-refractivity contribution in [1.29, 1.82) is 0 Å². The Morgan fingerprint density at radius 2 is 1.04 bits per heavy atom. The number of phosphoric acid groups is 1. The Balaban J connectivity index is -0.000000700. The summed E-state index contributed by atoms with van der Waals surface area (Å²) < 4.78 is 20.6. The van der Waals surface area contributed by atoms with Crippen LogP contribution in [-0.4, -0.2) is 41.5 Å². The van der Waals surface area contributed by atoms with Crippen LogP contribution in [0.2, 0.25) is 0 Å². The van der Waals surface area contributed by atoms with Gasteiger partial charge in [0.2, 0.25) is 0 Å². The fraction of sp³-hybridized carbons (Fsp3) is 1.00. The van der Waals surface area contributed by atoms with Crippen LogP contribution in [0.5, 0.6) is 0 Å². The first-order chi connectivity index (χ1) is 11.9. The van der Waals surface area contributed by atoms with Crippen LogP contribution in [0.3, 0.4) is 0 Å². The summed E-state index contributed by atoms with van der Waals surface area (Å²) in [5, 5.41) is 15.1. The van der Waals surface area contributed by atoms with Crippen molar-refractivity contribution in [2.45, 2.75) is 91.9 Å². The van der Waals surface area contributed by atoms with Gasteiger partial charge in [0.05, 0.1) is 13.2 Å². The molecule has 0 aliphatic heterocycles. The molecule has 0 saturated heterocycles. The zero-order valence-electron chi connectivity index (χ0n) is 16.9. The summed E-state index contributed by atoms with van der Waals surface area (Å²) in [5.74, 6) is 0. The van der Waals surface area contributed by atoms with E-state index in [2.05, 4.69) is 11.4 Å². The van der Waals surface area contributed by atoms with Gasteiger partial charge in [-0.1, -0.05) is 64.7 Å². The molecule has 0 spiro atoms. The van der Waals surface area contributed by atoms with Gasteiger partial charge in [-0.3, -0.25) is 9.05 Å². The molecule has 7 heteroatoms. The van der Waals surface area contributed by atoms with Crippen LogP contribution >= 0.6 is 7.82 Å². The molecule has 0 saturated carbocycles. The maximum absolute atomic E-state index is 11.2. The molecule has 156 valence electrons. The van der Waals surface area contributed by atoms with Crippen LogP contribution in [0.1, 0.15) is 91.9 Å². The van der Waals surface area contributed by atoms with Gasteiger partial charge in [-0.05, 0) is 27.2 Å². The Hall–Kier alpha value is 0.0300. The molecule has 0 aliphatic carbocycles. The van der Waals surface area contributed by atoms with Gasteiger partial charge in [0.25, 0.3) is 0 Å². The van der Waals surface area contributed by atoms with Crippen molar-refractivity contribution in [2.24, 2.45) is 0 Å². The average molecular weight is 387 g/mol. The van der Waals surface area contributed by atoms with Crippen LogP contribution in [0.15, 0.2) is 0 Å². The van der Waals surface area contributed by atoms with E-state index in [-0.39, 0.29) is 19.8 Å². The molecular formula is C18H43O6P. The van der Waals surface area contributed by atoms with E-state index in [1.165, 1.54) is 51.4 Å². The molecule has 0 aromatic rings. The molecule has 0 aliphatic rings. The van der Waals surface area contributed by atoms with E-state index < -0.39 is 7.82 Å². The van der Waals surface area contributed by atoms with Crippen LogP contribution in [-0.2, 0) is 13.6 Å². The zero-order valence-corrected chi connectivity index (χ0v) is 17.8. The Morgan fingerprint density at radius 1 is 0.680 bits per heavy atom. The minimum absolute atomic E-state index is 0.200. The summed E-state index contributed by atoms with van der Waals surface area (Å²) in [6.45, 7) is 8.28. The second-order valence-corrected chi connectivity index (χ2v) is 6.99. The number of hydrogen-bond donors (Lipinski definition) is 3. The Bertz CT molecular complexity index is 262. The molecule has 0 bridgehead atoms. The average Bonchev–Trinajstić information content (AvgIpc) is 2.54. The molecule has 0 aromatic carbocycles. The summed E-state index contributed by atoms with van der Waals surface area (Å²) in [7, 11) is -3.77. The minimum Gasteiger partial charge on any atom is -0.397 e. The number of aliphatic hydroxyl groups excluding tert-OH is 2. The number of phosphoric ester groups is 1. The van der Waals surface area contributed by atoms with E-state index in [0.717, 1.165) is 12.8 Å². The lowest BCUT2D eigenvalue weighted by Crippen LogP contribution is -1.96. The van der Waals surface area contributed by atoms with Crippen LogP contribution in [0.4, 0.5) is 0 Å². The van der Waals surface area contributed by atoms with E-state index in [1.54, 1.807) is 20.8 Å². The fourth-order valence-electron chi connectivity index (χ4n) is 1.97. The van der Waals surface area contributed by atoms with Crippen molar-refractivity contribution in [3.8, 4) is 0 Å². The molecule has 3 N–H and O–H groups in total. The van der Waals surface area contributed by atoms with E-state index >= 15 is 0 Å². The van der Waals surface area contributed by atoms with Gasteiger partial charge in [-0.15, -0.1) is 0 Å². The smallest absolute Gasteiger partial charge is 0.397 e. The normalized spacial score (nSPS) is 12.4.